The second-order valence-electron chi connectivity index (χ2n) is 6.17. The number of nitrogens with zero attached hydrogens (tertiary/aromatic N) is 3. The van der Waals surface area contributed by atoms with Crippen molar-refractivity contribution in [1.82, 2.24) is 15.2 Å². The van der Waals surface area contributed by atoms with Gasteiger partial charge in [0.05, 0.1) is 17.6 Å². The Hall–Kier alpha value is -1.13. The molecule has 2 atom stereocenters. The maximum absolute atomic E-state index is 4.70. The third-order valence-electron chi connectivity index (χ3n) is 4.48. The Balaban J connectivity index is 2.04. The molecular formula is C17H30N4. The summed E-state index contributed by atoms with van der Waals surface area (Å²) in [6.07, 6.45) is 5.69. The zero-order valence-electron chi connectivity index (χ0n) is 14.0. The maximum atomic E-state index is 4.70. The van der Waals surface area contributed by atoms with E-state index in [1.807, 2.05) is 6.20 Å². The van der Waals surface area contributed by atoms with Gasteiger partial charge in [0.2, 0.25) is 0 Å². The normalized spacial score (nSPS) is 20.8. The highest BCUT2D eigenvalue weighted by atomic mass is 15.2. The molecule has 1 saturated heterocycles. The Kier molecular flexibility index (Phi) is 6.00. The molecule has 1 aliphatic rings. The average molecular weight is 290 g/mol. The molecule has 0 amide bonds. The first-order valence-electron chi connectivity index (χ1n) is 8.26. The molecular weight excluding hydrogens is 260 g/mol. The molecule has 21 heavy (non-hydrogen) atoms. The zero-order chi connectivity index (χ0) is 15.2. The average Bonchev–Trinajstić information content (AvgIpc) is 2.53. The van der Waals surface area contributed by atoms with Gasteiger partial charge in [0.1, 0.15) is 0 Å². The summed E-state index contributed by atoms with van der Waals surface area (Å²) in [5, 5.41) is 3.49. The number of piperidine rings is 1. The molecule has 0 radical (unpaired) electrons. The molecule has 1 N–H and O–H groups in total. The van der Waals surface area contributed by atoms with Crippen LogP contribution in [0.1, 0.15) is 44.8 Å². The van der Waals surface area contributed by atoms with Crippen molar-refractivity contribution in [3.05, 3.63) is 24.0 Å². The van der Waals surface area contributed by atoms with Crippen molar-refractivity contribution < 1.29 is 0 Å². The topological polar surface area (TPSA) is 31.4 Å². The fraction of sp³-hybridized carbons (Fsp3) is 0.706. The lowest BCUT2D eigenvalue weighted by molar-refractivity contribution is 0.258. The van der Waals surface area contributed by atoms with Gasteiger partial charge in [0, 0.05) is 25.2 Å². The Bertz CT molecular complexity index is 415. The lowest BCUT2D eigenvalue weighted by Gasteiger charge is -2.37. The fourth-order valence-electron chi connectivity index (χ4n) is 3.11. The quantitative estimate of drug-likeness (QED) is 0.873. The number of aromatic nitrogens is 1. The lowest BCUT2D eigenvalue weighted by atomic mass is 10.0. The minimum atomic E-state index is 0.375. The van der Waals surface area contributed by atoms with Gasteiger partial charge >= 0.3 is 0 Å². The second kappa shape index (κ2) is 7.76. The summed E-state index contributed by atoms with van der Waals surface area (Å²) in [5.74, 6) is 0. The minimum Gasteiger partial charge on any atom is -0.369 e. The highest BCUT2D eigenvalue weighted by Crippen LogP contribution is 2.23. The summed E-state index contributed by atoms with van der Waals surface area (Å²) in [5.41, 5.74) is 2.42. The molecule has 1 fully saturated rings. The standard InChI is InChI=1S/C17H30N4/c1-5-16(18-6-2)17-10-9-14(12-19-17)21-11-7-8-15(13-21)20(3)4/h9-10,12,15-16,18H,5-8,11,13H2,1-4H3. The van der Waals surface area contributed by atoms with Crippen LogP contribution in [-0.4, -0.2) is 49.7 Å². The summed E-state index contributed by atoms with van der Waals surface area (Å²) < 4.78 is 0. The number of hydrogen-bond donors (Lipinski definition) is 1. The van der Waals surface area contributed by atoms with Crippen LogP contribution in [-0.2, 0) is 0 Å². The van der Waals surface area contributed by atoms with E-state index >= 15 is 0 Å². The summed E-state index contributed by atoms with van der Waals surface area (Å²) in [6, 6.07) is 5.45. The van der Waals surface area contributed by atoms with E-state index in [-0.39, 0.29) is 0 Å². The van der Waals surface area contributed by atoms with Crippen molar-refractivity contribution in [1.29, 1.82) is 0 Å². The SMILES string of the molecule is CCNC(CC)c1ccc(N2CCCC(N(C)C)C2)cn1. The van der Waals surface area contributed by atoms with Crippen molar-refractivity contribution in [2.75, 3.05) is 38.6 Å². The van der Waals surface area contributed by atoms with E-state index in [4.69, 9.17) is 4.98 Å². The van der Waals surface area contributed by atoms with E-state index in [9.17, 15) is 0 Å². The first kappa shape index (κ1) is 16.2. The monoisotopic (exact) mass is 290 g/mol. The number of anilines is 1. The highest BCUT2D eigenvalue weighted by molar-refractivity contribution is 5.45. The van der Waals surface area contributed by atoms with E-state index in [0.717, 1.165) is 31.7 Å². The van der Waals surface area contributed by atoms with E-state index in [1.165, 1.54) is 18.5 Å². The van der Waals surface area contributed by atoms with Gasteiger partial charge in [0.15, 0.2) is 0 Å². The lowest BCUT2D eigenvalue weighted by Crippen LogP contribution is -2.45. The molecule has 1 aromatic rings. The Morgan fingerprint density at radius 3 is 2.76 bits per heavy atom. The molecule has 2 heterocycles. The van der Waals surface area contributed by atoms with Gasteiger partial charge in [-0.15, -0.1) is 0 Å². The predicted octanol–water partition coefficient (Wildman–Crippen LogP) is 2.67. The number of rotatable bonds is 6. The molecule has 0 aliphatic carbocycles. The molecule has 1 aromatic heterocycles. The van der Waals surface area contributed by atoms with E-state index in [0.29, 0.717) is 12.1 Å². The predicted molar refractivity (Wildman–Crippen MR) is 89.9 cm³/mol. The van der Waals surface area contributed by atoms with Crippen LogP contribution in [0.25, 0.3) is 0 Å². The van der Waals surface area contributed by atoms with Crippen LogP contribution in [0.2, 0.25) is 0 Å². The molecule has 4 nitrogen and oxygen atoms in total. The zero-order valence-corrected chi connectivity index (χ0v) is 14.0. The molecule has 0 spiro atoms. The fourth-order valence-corrected chi connectivity index (χ4v) is 3.11. The number of hydrogen-bond acceptors (Lipinski definition) is 4. The van der Waals surface area contributed by atoms with Crippen LogP contribution in [0.5, 0.6) is 0 Å². The molecule has 2 rings (SSSR count). The number of pyridine rings is 1. The van der Waals surface area contributed by atoms with Crippen molar-refractivity contribution in [3.8, 4) is 0 Å². The maximum Gasteiger partial charge on any atom is 0.0574 e. The summed E-state index contributed by atoms with van der Waals surface area (Å²) >= 11 is 0. The third-order valence-corrected chi connectivity index (χ3v) is 4.48. The summed E-state index contributed by atoms with van der Waals surface area (Å²) in [6.45, 7) is 7.59. The molecule has 118 valence electrons. The number of likely N-dealkylation sites (N-methyl/N-ethyl adjacent to an activating group) is 1. The Morgan fingerprint density at radius 1 is 1.38 bits per heavy atom. The first-order chi connectivity index (χ1) is 10.2. The van der Waals surface area contributed by atoms with Crippen LogP contribution in [0, 0.1) is 0 Å². The number of nitrogens with one attached hydrogen (secondary N) is 1. The van der Waals surface area contributed by atoms with Crippen LogP contribution in [0.3, 0.4) is 0 Å². The van der Waals surface area contributed by atoms with Crippen molar-refractivity contribution in [2.45, 2.75) is 45.2 Å². The van der Waals surface area contributed by atoms with Gasteiger partial charge < -0.3 is 15.1 Å². The largest absolute Gasteiger partial charge is 0.369 e. The van der Waals surface area contributed by atoms with Crippen LogP contribution in [0.4, 0.5) is 5.69 Å². The third kappa shape index (κ3) is 4.17. The second-order valence-corrected chi connectivity index (χ2v) is 6.17. The van der Waals surface area contributed by atoms with E-state index < -0.39 is 0 Å². The van der Waals surface area contributed by atoms with E-state index in [1.54, 1.807) is 0 Å². The molecule has 2 unspecified atom stereocenters. The van der Waals surface area contributed by atoms with Gasteiger partial charge in [-0.25, -0.2) is 0 Å². The van der Waals surface area contributed by atoms with Gasteiger partial charge in [-0.05, 0) is 52.0 Å². The van der Waals surface area contributed by atoms with Crippen molar-refractivity contribution in [2.24, 2.45) is 0 Å². The molecule has 4 heteroatoms. The smallest absolute Gasteiger partial charge is 0.0574 e. The summed E-state index contributed by atoms with van der Waals surface area (Å²) in [4.78, 5) is 9.51. The molecule has 0 saturated carbocycles. The van der Waals surface area contributed by atoms with Gasteiger partial charge in [0.25, 0.3) is 0 Å². The van der Waals surface area contributed by atoms with Crippen LogP contribution < -0.4 is 10.2 Å². The Morgan fingerprint density at radius 2 is 2.19 bits per heavy atom. The van der Waals surface area contributed by atoms with Crippen LogP contribution in [0.15, 0.2) is 18.3 Å². The minimum absolute atomic E-state index is 0.375. The first-order valence-corrected chi connectivity index (χ1v) is 8.26. The summed E-state index contributed by atoms with van der Waals surface area (Å²) in [7, 11) is 4.36. The molecule has 1 aliphatic heterocycles. The van der Waals surface area contributed by atoms with Gasteiger partial charge in [-0.3, -0.25) is 4.98 Å². The van der Waals surface area contributed by atoms with Gasteiger partial charge in [-0.2, -0.15) is 0 Å². The molecule has 0 bridgehead atoms. The van der Waals surface area contributed by atoms with Crippen molar-refractivity contribution in [3.63, 3.8) is 0 Å². The molecule has 0 aromatic carbocycles. The van der Waals surface area contributed by atoms with Crippen LogP contribution >= 0.6 is 0 Å². The van der Waals surface area contributed by atoms with Gasteiger partial charge in [-0.1, -0.05) is 13.8 Å². The van der Waals surface area contributed by atoms with Crippen molar-refractivity contribution >= 4 is 5.69 Å². The van der Waals surface area contributed by atoms with E-state index in [2.05, 4.69) is 55.2 Å². The Labute approximate surface area is 129 Å². The highest BCUT2D eigenvalue weighted by Gasteiger charge is 2.21.